The average Bonchev–Trinajstić information content (AvgIpc) is 3.45. The molecule has 4 aliphatic rings. The van der Waals surface area contributed by atoms with Crippen molar-refractivity contribution in [2.45, 2.75) is 55.6 Å². The fourth-order valence-corrected chi connectivity index (χ4v) is 10.1. The molecule has 0 radical (unpaired) electrons. The summed E-state index contributed by atoms with van der Waals surface area (Å²) in [4.78, 5) is 67.2. The molecule has 6 aromatic carbocycles. The number of benzene rings is 6. The van der Waals surface area contributed by atoms with Gasteiger partial charge in [-0.25, -0.2) is 19.2 Å². The molecular formula is C49H43Cl3N4O8. The van der Waals surface area contributed by atoms with Crippen molar-refractivity contribution < 1.29 is 38.1 Å². The average molecular weight is 922 g/mol. The van der Waals surface area contributed by atoms with Crippen molar-refractivity contribution in [3.8, 4) is 33.8 Å². The molecule has 0 atom stereocenters. The van der Waals surface area contributed by atoms with Crippen LogP contribution >= 0.6 is 34.8 Å². The number of carbonyl (C=O) groups is 4. The van der Waals surface area contributed by atoms with Gasteiger partial charge in [-0.1, -0.05) is 120 Å². The lowest BCUT2D eigenvalue weighted by molar-refractivity contribution is -0.191. The number of nitrogens with zero attached hydrogens (tertiary/aromatic N) is 4. The number of carbonyl (C=O) groups excluding carboxylic acids is 4. The molecule has 64 heavy (non-hydrogen) atoms. The maximum atomic E-state index is 15.7. The van der Waals surface area contributed by atoms with E-state index in [4.69, 9.17) is 53.8 Å². The lowest BCUT2D eigenvalue weighted by atomic mass is 9.87. The van der Waals surface area contributed by atoms with Crippen LogP contribution in [0.25, 0.3) is 43.8 Å². The van der Waals surface area contributed by atoms with Gasteiger partial charge in [0.2, 0.25) is 0 Å². The predicted molar refractivity (Wildman–Crippen MR) is 245 cm³/mol. The van der Waals surface area contributed by atoms with Gasteiger partial charge in [0.05, 0.1) is 53.6 Å². The highest BCUT2D eigenvalue weighted by Gasteiger charge is 2.87. The molecule has 4 aliphatic heterocycles. The highest BCUT2D eigenvalue weighted by atomic mass is 35.6. The largest absolute Gasteiger partial charge is 0.496 e. The highest BCUT2D eigenvalue weighted by Crippen LogP contribution is 2.59. The maximum Gasteiger partial charge on any atom is 0.358 e. The van der Waals surface area contributed by atoms with Gasteiger partial charge in [-0.2, -0.15) is 0 Å². The number of esters is 2. The van der Waals surface area contributed by atoms with Crippen LogP contribution in [-0.4, -0.2) is 86.7 Å². The third-order valence-corrected chi connectivity index (χ3v) is 12.7. The van der Waals surface area contributed by atoms with Crippen molar-refractivity contribution in [1.82, 2.24) is 19.6 Å². The smallest absolute Gasteiger partial charge is 0.358 e. The number of rotatable bonds is 8. The number of amides is 4. The number of ether oxygens (including phenoxy) is 4. The number of hydrogen-bond donors (Lipinski definition) is 0. The van der Waals surface area contributed by atoms with Gasteiger partial charge in [-0.15, -0.1) is 0 Å². The summed E-state index contributed by atoms with van der Waals surface area (Å²) in [6.07, 6.45) is 0. The molecule has 2 fully saturated rings. The van der Waals surface area contributed by atoms with Crippen molar-refractivity contribution in [1.29, 1.82) is 0 Å². The summed E-state index contributed by atoms with van der Waals surface area (Å²) >= 11 is 14.4. The van der Waals surface area contributed by atoms with Gasteiger partial charge in [0, 0.05) is 11.1 Å². The monoisotopic (exact) mass is 920 g/mol. The topological polar surface area (TPSA) is 118 Å². The first-order valence-corrected chi connectivity index (χ1v) is 22.1. The van der Waals surface area contributed by atoms with E-state index in [0.717, 1.165) is 54.9 Å². The number of methoxy groups -OCH3 is 2. The van der Waals surface area contributed by atoms with Crippen molar-refractivity contribution >= 4 is 80.3 Å². The molecule has 0 spiro atoms. The summed E-state index contributed by atoms with van der Waals surface area (Å²) in [7, 11) is 3.03. The lowest BCUT2D eigenvalue weighted by Gasteiger charge is -2.44. The van der Waals surface area contributed by atoms with Gasteiger partial charge in [0.1, 0.15) is 11.5 Å². The first-order chi connectivity index (χ1) is 30.9. The first-order valence-electron chi connectivity index (χ1n) is 20.8. The molecule has 15 heteroatoms. The summed E-state index contributed by atoms with van der Waals surface area (Å²) in [5, 5.41) is 4.19. The fourth-order valence-electron chi connectivity index (χ4n) is 10.1. The van der Waals surface area contributed by atoms with E-state index in [1.165, 1.54) is 33.8 Å². The van der Waals surface area contributed by atoms with Crippen LogP contribution in [-0.2, 0) is 45.2 Å². The van der Waals surface area contributed by atoms with Gasteiger partial charge in [-0.3, -0.25) is 19.6 Å². The number of alkyl halides is 3. The Labute approximate surface area is 384 Å². The van der Waals surface area contributed by atoms with Crippen molar-refractivity contribution in [2.24, 2.45) is 0 Å². The van der Waals surface area contributed by atoms with Gasteiger partial charge in [-0.05, 0) is 93.0 Å². The summed E-state index contributed by atoms with van der Waals surface area (Å²) in [5.41, 5.74) is 1.31. The minimum atomic E-state index is -2.33. The van der Waals surface area contributed by atoms with E-state index in [2.05, 4.69) is 48.5 Å². The zero-order valence-electron chi connectivity index (χ0n) is 35.4. The van der Waals surface area contributed by atoms with Crippen LogP contribution in [0.4, 0.5) is 9.59 Å². The molecule has 2 saturated heterocycles. The molecule has 4 heterocycles. The second-order valence-electron chi connectivity index (χ2n) is 15.6. The van der Waals surface area contributed by atoms with Crippen LogP contribution in [0, 0.1) is 0 Å². The van der Waals surface area contributed by atoms with Crippen molar-refractivity contribution in [3.05, 3.63) is 131 Å². The second-order valence-corrected chi connectivity index (χ2v) is 17.6. The Hall–Kier alpha value is -6.21. The number of halogens is 3. The Morgan fingerprint density at radius 3 is 1.22 bits per heavy atom. The SMILES string of the molecule is CCOC(=O)C12N3Cc4c(OC)ccc(OC)c4CN1C(=O)N1Cc4c(-c5ccc6ccccc6c5)ccc(-c5ccc6ccccc6c5)c4CN(C3=O)C12C(=O)OCC.ClC(Cl)Cl. The molecule has 0 bridgehead atoms. The minimum absolute atomic E-state index is 0.0803. The number of fused-ring (bicyclic) bond motifs is 4. The summed E-state index contributed by atoms with van der Waals surface area (Å²) in [5.74, 6) is -0.980. The van der Waals surface area contributed by atoms with Gasteiger partial charge < -0.3 is 18.9 Å². The highest BCUT2D eigenvalue weighted by molar-refractivity contribution is 6.63. The van der Waals surface area contributed by atoms with Crippen LogP contribution < -0.4 is 9.47 Å². The predicted octanol–water partition coefficient (Wildman–Crippen LogP) is 10.1. The zero-order chi connectivity index (χ0) is 45.1. The van der Waals surface area contributed by atoms with Crippen molar-refractivity contribution in [2.75, 3.05) is 27.4 Å². The third kappa shape index (κ3) is 6.32. The van der Waals surface area contributed by atoms with E-state index < -0.39 is 39.6 Å². The van der Waals surface area contributed by atoms with Gasteiger partial charge in [0.25, 0.3) is 11.3 Å². The normalized spacial score (nSPS) is 19.4. The third-order valence-electron chi connectivity index (χ3n) is 12.7. The molecule has 0 N–H and O–H groups in total. The van der Waals surface area contributed by atoms with Crippen molar-refractivity contribution in [3.63, 3.8) is 0 Å². The molecule has 0 aliphatic carbocycles. The lowest BCUT2D eigenvalue weighted by Crippen LogP contribution is -2.75. The van der Waals surface area contributed by atoms with Gasteiger partial charge in [0.15, 0.2) is 4.30 Å². The van der Waals surface area contributed by atoms with Gasteiger partial charge >= 0.3 is 24.0 Å². The summed E-state index contributed by atoms with van der Waals surface area (Å²) < 4.78 is 22.7. The van der Waals surface area contributed by atoms with E-state index in [1.807, 2.05) is 48.5 Å². The zero-order valence-corrected chi connectivity index (χ0v) is 37.7. The maximum absolute atomic E-state index is 15.7. The Balaban J connectivity index is 0.00000125. The molecule has 6 aromatic rings. The van der Waals surface area contributed by atoms with E-state index in [0.29, 0.717) is 22.6 Å². The molecular weight excluding hydrogens is 879 g/mol. The molecule has 0 aromatic heterocycles. The minimum Gasteiger partial charge on any atom is -0.496 e. The fraction of sp³-hybridized carbons (Fsp3) is 0.265. The molecule has 12 nitrogen and oxygen atoms in total. The van der Waals surface area contributed by atoms with E-state index in [9.17, 15) is 0 Å². The molecule has 0 unspecified atom stereocenters. The van der Waals surface area contributed by atoms with Crippen LogP contribution in [0.3, 0.4) is 0 Å². The van der Waals surface area contributed by atoms with Crippen LogP contribution in [0.2, 0.25) is 0 Å². The Morgan fingerprint density at radius 1 is 0.531 bits per heavy atom. The van der Waals surface area contributed by atoms with Crippen LogP contribution in [0.1, 0.15) is 36.1 Å². The summed E-state index contributed by atoms with van der Waals surface area (Å²) in [6, 6.07) is 34.8. The Bertz CT molecular complexity index is 2720. The standard InChI is InChI=1S/C48H42N4O8.CHCl3/c1-5-59-43(53)47-48(44(54)60-6-2)51-27-39-40(42(58-4)22-21-41(39)57-3)28-52(48)46(56)50(47)26-38-36(34-18-16-30-12-8-10-14-32(30)24-34)20-19-35(37(38)25-49(47)45(51)55)33-17-15-29-11-7-9-13-31(29)23-33;2-1(3)4/h7-24H,5-6,25-28H2,1-4H3;1H. The molecule has 0 saturated carbocycles. The first kappa shape index (κ1) is 43.1. The number of hydrogen-bond acceptors (Lipinski definition) is 8. The molecule has 4 amide bonds. The number of urea groups is 2. The van der Waals surface area contributed by atoms with E-state index >= 15 is 19.2 Å². The Kier molecular flexibility index (Phi) is 11.3. The van der Waals surface area contributed by atoms with E-state index in [1.54, 1.807) is 26.0 Å². The second kappa shape index (κ2) is 16.7. The Morgan fingerprint density at radius 2 is 0.875 bits per heavy atom. The molecule has 328 valence electrons. The van der Waals surface area contributed by atoms with Crippen LogP contribution in [0.5, 0.6) is 11.5 Å². The summed E-state index contributed by atoms with van der Waals surface area (Å²) in [6.45, 7) is 2.45. The van der Waals surface area contributed by atoms with Crippen LogP contribution in [0.15, 0.2) is 109 Å². The van der Waals surface area contributed by atoms with E-state index in [-0.39, 0.29) is 39.4 Å². The molecule has 10 rings (SSSR count). The quantitative estimate of drug-likeness (QED) is 0.109.